The summed E-state index contributed by atoms with van der Waals surface area (Å²) in [6.07, 6.45) is 11.7. The number of nitrogens with one attached hydrogen (secondary N) is 1. The number of aliphatic hydroxyl groups is 2. The molecule has 5 unspecified atom stereocenters. The van der Waals surface area contributed by atoms with E-state index in [0.717, 1.165) is 44.7 Å². The fourth-order valence-corrected chi connectivity index (χ4v) is 4.72. The average Bonchev–Trinajstić information content (AvgIpc) is 2.91. The first-order chi connectivity index (χ1) is 19.0. The molecule has 5 atom stereocenters. The number of carbonyl (C=O) groups is 2. The molecule has 0 aliphatic carbocycles. The third-order valence-corrected chi connectivity index (χ3v) is 6.93. The Bertz CT molecular complexity index is 761. The van der Waals surface area contributed by atoms with Gasteiger partial charge in [0, 0.05) is 19.6 Å². The summed E-state index contributed by atoms with van der Waals surface area (Å²) in [4.78, 5) is 27.0. The lowest BCUT2D eigenvalue weighted by atomic mass is 9.92. The maximum absolute atomic E-state index is 12.4. The molecule has 232 valence electrons. The first-order valence-electron chi connectivity index (χ1n) is 15.0. The molecule has 3 N–H and O–H groups in total. The predicted molar refractivity (Wildman–Crippen MR) is 163 cm³/mol. The third-order valence-electron chi connectivity index (χ3n) is 6.93. The molecular weight excluding hydrogens is 508 g/mol. The second-order valence-electron chi connectivity index (χ2n) is 11.2. The lowest BCUT2D eigenvalue weighted by molar-refractivity contribution is -0.151. The summed E-state index contributed by atoms with van der Waals surface area (Å²) in [6.45, 7) is 20.0. The molecule has 0 saturated carbocycles. The molecule has 0 bridgehead atoms. The topological polar surface area (TPSA) is 108 Å². The van der Waals surface area contributed by atoms with Crippen LogP contribution >= 0.6 is 0 Å². The van der Waals surface area contributed by atoms with Gasteiger partial charge in [-0.2, -0.15) is 0 Å². The van der Waals surface area contributed by atoms with Crippen LogP contribution in [0.5, 0.6) is 0 Å². The van der Waals surface area contributed by atoms with Crippen LogP contribution in [0.4, 0.5) is 4.79 Å². The molecule has 0 aromatic heterocycles. The molecule has 2 aliphatic rings. The number of esters is 1. The Labute approximate surface area is 243 Å². The van der Waals surface area contributed by atoms with E-state index in [1.54, 1.807) is 0 Å². The molecule has 1 saturated heterocycles. The summed E-state index contributed by atoms with van der Waals surface area (Å²) in [5.41, 5.74) is 0.735. The van der Waals surface area contributed by atoms with Crippen LogP contribution in [0, 0.1) is 17.8 Å². The molecule has 40 heavy (non-hydrogen) atoms. The summed E-state index contributed by atoms with van der Waals surface area (Å²) < 4.78 is 11.3. The normalized spacial score (nSPS) is 27.1. The smallest absolute Gasteiger partial charge is 0.407 e. The van der Waals surface area contributed by atoms with Gasteiger partial charge < -0.3 is 29.9 Å². The highest BCUT2D eigenvalue weighted by molar-refractivity contribution is 5.70. The van der Waals surface area contributed by atoms with E-state index in [1.807, 2.05) is 39.8 Å². The number of rotatable bonds is 7. The Morgan fingerprint density at radius 3 is 2.40 bits per heavy atom. The summed E-state index contributed by atoms with van der Waals surface area (Å²) in [7, 11) is 1.00. The van der Waals surface area contributed by atoms with Gasteiger partial charge in [0.15, 0.2) is 0 Å². The van der Waals surface area contributed by atoms with Gasteiger partial charge in [-0.3, -0.25) is 4.79 Å². The second-order valence-corrected chi connectivity index (χ2v) is 11.2. The number of allylic oxidation sites excluding steroid dienone is 2. The fourth-order valence-electron chi connectivity index (χ4n) is 4.72. The van der Waals surface area contributed by atoms with Gasteiger partial charge in [-0.25, -0.2) is 4.79 Å². The van der Waals surface area contributed by atoms with Gasteiger partial charge in [0.05, 0.1) is 12.5 Å². The SMILES string of the molecule is C/C=C/C(C)C.C=C(C)C1OC(=O)CC(O)CCC(C)C(OC(=O)NCCCN2CCCCC2)/C=C/C1C.CO. The van der Waals surface area contributed by atoms with E-state index in [1.165, 1.54) is 19.3 Å². The van der Waals surface area contributed by atoms with Crippen molar-refractivity contribution in [3.8, 4) is 0 Å². The first kappa shape index (κ1) is 37.8. The van der Waals surface area contributed by atoms with Crippen molar-refractivity contribution in [2.24, 2.45) is 17.8 Å². The minimum absolute atomic E-state index is 0.00549. The Hall–Kier alpha value is -2.16. The van der Waals surface area contributed by atoms with Gasteiger partial charge in [0.1, 0.15) is 12.2 Å². The highest BCUT2D eigenvalue weighted by Crippen LogP contribution is 2.23. The molecule has 8 nitrogen and oxygen atoms in total. The van der Waals surface area contributed by atoms with Crippen molar-refractivity contribution in [1.82, 2.24) is 10.2 Å². The summed E-state index contributed by atoms with van der Waals surface area (Å²) in [5, 5.41) is 20.1. The fraction of sp³-hybridized carbons (Fsp3) is 0.750. The summed E-state index contributed by atoms with van der Waals surface area (Å²) in [5.74, 6) is 0.176. The molecule has 2 aliphatic heterocycles. The second kappa shape index (κ2) is 22.5. The van der Waals surface area contributed by atoms with Gasteiger partial charge >= 0.3 is 12.1 Å². The molecule has 1 fully saturated rings. The van der Waals surface area contributed by atoms with E-state index < -0.39 is 30.4 Å². The van der Waals surface area contributed by atoms with Crippen LogP contribution in [0.1, 0.15) is 86.5 Å². The van der Waals surface area contributed by atoms with E-state index in [-0.39, 0.29) is 18.3 Å². The van der Waals surface area contributed by atoms with Crippen LogP contribution in [0.15, 0.2) is 36.5 Å². The molecule has 1 amide bonds. The Kier molecular flexibility index (Phi) is 21.3. The zero-order valence-corrected chi connectivity index (χ0v) is 26.2. The zero-order chi connectivity index (χ0) is 30.5. The van der Waals surface area contributed by atoms with Gasteiger partial charge in [-0.05, 0) is 89.1 Å². The third kappa shape index (κ3) is 17.5. The Balaban J connectivity index is 0.00000168. The van der Waals surface area contributed by atoms with Crippen LogP contribution in [-0.4, -0.2) is 78.8 Å². The van der Waals surface area contributed by atoms with Gasteiger partial charge in [-0.1, -0.05) is 58.9 Å². The monoisotopic (exact) mass is 566 g/mol. The number of aliphatic hydroxyl groups excluding tert-OH is 2. The number of likely N-dealkylation sites (tertiary alicyclic amines) is 1. The van der Waals surface area contributed by atoms with Crippen LogP contribution in [-0.2, 0) is 14.3 Å². The number of nitrogens with zero attached hydrogens (tertiary/aromatic N) is 1. The molecular formula is C32H58N2O6. The number of hydrogen-bond acceptors (Lipinski definition) is 7. The Morgan fingerprint density at radius 1 is 1.20 bits per heavy atom. The number of carbonyl (C=O) groups excluding carboxylic acids is 2. The summed E-state index contributed by atoms with van der Waals surface area (Å²) in [6, 6.07) is 0. The molecule has 0 radical (unpaired) electrons. The van der Waals surface area contributed by atoms with Crippen LogP contribution < -0.4 is 5.32 Å². The van der Waals surface area contributed by atoms with Crippen molar-refractivity contribution in [2.75, 3.05) is 33.3 Å². The van der Waals surface area contributed by atoms with Gasteiger partial charge in [-0.15, -0.1) is 0 Å². The molecule has 2 rings (SSSR count). The van der Waals surface area contributed by atoms with Crippen molar-refractivity contribution in [3.05, 3.63) is 36.5 Å². The first-order valence-corrected chi connectivity index (χ1v) is 15.0. The lowest BCUT2D eigenvalue weighted by Gasteiger charge is -2.27. The number of hydrogen-bond donors (Lipinski definition) is 3. The standard InChI is InChI=1S/C25H42N2O5.C6H12.CH4O/c1-18(2)24-20(4)10-12-22(19(3)9-11-21(28)17-23(29)32-24)31-25(30)26-13-8-16-27-14-6-5-7-15-27;1-4-5-6(2)3;1-2/h10,12,19-22,24,28H,1,5-9,11,13-17H2,2-4H3,(H,26,30);4-6H,1-3H3;2H,1H3/b12-10+;5-4+;. The molecule has 2 heterocycles. The quantitative estimate of drug-likeness (QED) is 0.208. The van der Waals surface area contributed by atoms with E-state index in [9.17, 15) is 14.7 Å². The largest absolute Gasteiger partial charge is 0.457 e. The molecule has 0 aromatic rings. The molecule has 0 aromatic carbocycles. The maximum Gasteiger partial charge on any atom is 0.407 e. The van der Waals surface area contributed by atoms with Crippen molar-refractivity contribution in [1.29, 1.82) is 0 Å². The van der Waals surface area contributed by atoms with E-state index in [0.29, 0.717) is 19.4 Å². The number of alkyl carbamates (subject to hydrolysis) is 1. The van der Waals surface area contributed by atoms with E-state index >= 15 is 0 Å². The zero-order valence-electron chi connectivity index (χ0n) is 26.2. The predicted octanol–water partition coefficient (Wildman–Crippen LogP) is 5.65. The number of amides is 1. The van der Waals surface area contributed by atoms with Crippen LogP contribution in [0.2, 0.25) is 0 Å². The van der Waals surface area contributed by atoms with Crippen molar-refractivity contribution >= 4 is 12.1 Å². The van der Waals surface area contributed by atoms with Crippen molar-refractivity contribution in [3.63, 3.8) is 0 Å². The van der Waals surface area contributed by atoms with Crippen LogP contribution in [0.3, 0.4) is 0 Å². The van der Waals surface area contributed by atoms with E-state index in [4.69, 9.17) is 14.6 Å². The van der Waals surface area contributed by atoms with Crippen LogP contribution in [0.25, 0.3) is 0 Å². The minimum atomic E-state index is -0.779. The Morgan fingerprint density at radius 2 is 1.85 bits per heavy atom. The van der Waals surface area contributed by atoms with Crippen molar-refractivity contribution in [2.45, 2.75) is 105 Å². The molecule has 0 spiro atoms. The van der Waals surface area contributed by atoms with E-state index in [2.05, 4.69) is 42.8 Å². The lowest BCUT2D eigenvalue weighted by Crippen LogP contribution is -2.35. The van der Waals surface area contributed by atoms with Gasteiger partial charge in [0.2, 0.25) is 0 Å². The average molecular weight is 567 g/mol. The maximum atomic E-state index is 12.4. The minimum Gasteiger partial charge on any atom is -0.457 e. The molecule has 8 heteroatoms. The summed E-state index contributed by atoms with van der Waals surface area (Å²) >= 11 is 0. The number of piperidine rings is 1. The number of ether oxygens (including phenoxy) is 2. The highest BCUT2D eigenvalue weighted by Gasteiger charge is 2.26. The highest BCUT2D eigenvalue weighted by atomic mass is 16.6. The van der Waals surface area contributed by atoms with Crippen molar-refractivity contribution < 1.29 is 29.3 Å². The van der Waals surface area contributed by atoms with Gasteiger partial charge in [0.25, 0.3) is 0 Å². The number of cyclic esters (lactones) is 1.